The summed E-state index contributed by atoms with van der Waals surface area (Å²) in [5, 5.41) is 5.27. The minimum absolute atomic E-state index is 0.0466. The van der Waals surface area contributed by atoms with Crippen LogP contribution >= 0.6 is 0 Å². The third kappa shape index (κ3) is 5.45. The number of hydrogen-bond donors (Lipinski definition) is 3. The maximum absolute atomic E-state index is 13.1. The largest absolute Gasteiger partial charge is 0.346 e. The van der Waals surface area contributed by atoms with Crippen molar-refractivity contribution in [2.75, 3.05) is 25.5 Å². The third-order valence-electron chi connectivity index (χ3n) is 4.14. The normalized spacial score (nSPS) is 10.9. The molecule has 156 valence electrons. The molecule has 2 amide bonds. The summed E-state index contributed by atoms with van der Waals surface area (Å²) in [6.07, 6.45) is 0. The number of H-pyrrole nitrogens is 1. The lowest BCUT2D eigenvalue weighted by atomic mass is 10.2. The Bertz CT molecular complexity index is 1150. The number of hydrogen-bond acceptors (Lipinski definition) is 5. The number of carbonyl (C=O) groups excluding carboxylic acids is 2. The highest BCUT2D eigenvalue weighted by atomic mass is 19.2. The molecule has 1 heterocycles. The molecule has 0 aliphatic rings. The average molecular weight is 415 g/mol. The summed E-state index contributed by atoms with van der Waals surface area (Å²) in [5.41, 5.74) is 0.377. The first-order valence-corrected chi connectivity index (χ1v) is 9.00. The molecule has 0 saturated carbocycles. The lowest BCUT2D eigenvalue weighted by molar-refractivity contribution is -0.124. The van der Waals surface area contributed by atoms with Crippen molar-refractivity contribution in [1.29, 1.82) is 0 Å². The zero-order chi connectivity index (χ0) is 21.7. The average Bonchev–Trinajstić information content (AvgIpc) is 2.69. The van der Waals surface area contributed by atoms with Crippen molar-refractivity contribution in [3.05, 3.63) is 70.3 Å². The highest BCUT2D eigenvalue weighted by Gasteiger charge is 2.12. The number of aromatic nitrogens is 2. The van der Waals surface area contributed by atoms with Crippen LogP contribution in [0.2, 0.25) is 0 Å². The van der Waals surface area contributed by atoms with Gasteiger partial charge in [0.25, 0.3) is 5.56 Å². The van der Waals surface area contributed by atoms with Gasteiger partial charge in [-0.2, -0.15) is 0 Å². The molecule has 3 rings (SSSR count). The maximum atomic E-state index is 13.1. The number of carbonyl (C=O) groups is 2. The van der Waals surface area contributed by atoms with Gasteiger partial charge in [-0.25, -0.2) is 13.8 Å². The molecule has 0 spiro atoms. The fourth-order valence-corrected chi connectivity index (χ4v) is 2.78. The number of likely N-dealkylation sites (N-methyl/N-ethyl adjacent to an activating group) is 1. The van der Waals surface area contributed by atoms with Gasteiger partial charge in [-0.1, -0.05) is 12.1 Å². The van der Waals surface area contributed by atoms with Crippen LogP contribution < -0.4 is 16.2 Å². The number of nitrogens with one attached hydrogen (secondary N) is 3. The smallest absolute Gasteiger partial charge is 0.258 e. The van der Waals surface area contributed by atoms with E-state index in [4.69, 9.17) is 0 Å². The van der Waals surface area contributed by atoms with Gasteiger partial charge in [-0.05, 0) is 31.3 Å². The number of fused-ring (bicyclic) bond motifs is 1. The van der Waals surface area contributed by atoms with Gasteiger partial charge in [0.2, 0.25) is 11.8 Å². The summed E-state index contributed by atoms with van der Waals surface area (Å²) < 4.78 is 26.0. The van der Waals surface area contributed by atoms with Crippen LogP contribution in [0.1, 0.15) is 5.82 Å². The Morgan fingerprint density at radius 3 is 2.63 bits per heavy atom. The van der Waals surface area contributed by atoms with Gasteiger partial charge in [0.15, 0.2) is 11.6 Å². The molecule has 10 heteroatoms. The molecule has 0 aliphatic carbocycles. The Kier molecular flexibility index (Phi) is 6.48. The predicted octanol–water partition coefficient (Wildman–Crippen LogP) is 1.39. The van der Waals surface area contributed by atoms with Gasteiger partial charge in [-0.3, -0.25) is 19.3 Å². The molecule has 0 radical (unpaired) electrons. The predicted molar refractivity (Wildman–Crippen MR) is 107 cm³/mol. The van der Waals surface area contributed by atoms with Crippen molar-refractivity contribution in [2.45, 2.75) is 6.54 Å². The fourth-order valence-electron chi connectivity index (χ4n) is 2.78. The Morgan fingerprint density at radius 1 is 1.10 bits per heavy atom. The van der Waals surface area contributed by atoms with Crippen LogP contribution in [0.3, 0.4) is 0 Å². The van der Waals surface area contributed by atoms with Crippen molar-refractivity contribution in [1.82, 2.24) is 20.2 Å². The standard InChI is InChI=1S/C20H19F2N5O3/c1-27(10-17-25-16-5-3-2-4-13(16)20(30)26-17)11-19(29)23-9-18(28)24-12-6-7-14(21)15(22)8-12/h2-8H,9-11H2,1H3,(H,23,29)(H,24,28)(H,25,26,30). The highest BCUT2D eigenvalue weighted by molar-refractivity contribution is 5.94. The number of para-hydroxylation sites is 1. The van der Waals surface area contributed by atoms with Crippen LogP contribution in [-0.2, 0) is 16.1 Å². The van der Waals surface area contributed by atoms with E-state index in [0.29, 0.717) is 16.7 Å². The molecule has 8 nitrogen and oxygen atoms in total. The zero-order valence-corrected chi connectivity index (χ0v) is 16.0. The summed E-state index contributed by atoms with van der Waals surface area (Å²) in [7, 11) is 1.66. The first kappa shape index (κ1) is 21.1. The summed E-state index contributed by atoms with van der Waals surface area (Å²) in [6, 6.07) is 9.88. The second-order valence-electron chi connectivity index (χ2n) is 6.66. The van der Waals surface area contributed by atoms with Crippen molar-refractivity contribution < 1.29 is 18.4 Å². The van der Waals surface area contributed by atoms with Crippen LogP contribution in [0.25, 0.3) is 10.9 Å². The lowest BCUT2D eigenvalue weighted by Crippen LogP contribution is -2.39. The fraction of sp³-hybridized carbons (Fsp3) is 0.200. The molecule has 1 aromatic heterocycles. The number of nitrogens with zero attached hydrogens (tertiary/aromatic N) is 2. The summed E-state index contributed by atoms with van der Waals surface area (Å²) in [6.45, 7) is -0.166. The van der Waals surface area contributed by atoms with Crippen molar-refractivity contribution in [3.8, 4) is 0 Å². The van der Waals surface area contributed by atoms with Crippen LogP contribution in [0.4, 0.5) is 14.5 Å². The molecular weight excluding hydrogens is 396 g/mol. The van der Waals surface area contributed by atoms with E-state index in [9.17, 15) is 23.2 Å². The molecule has 30 heavy (non-hydrogen) atoms. The van der Waals surface area contributed by atoms with Gasteiger partial charge in [0, 0.05) is 11.8 Å². The van der Waals surface area contributed by atoms with Crippen molar-refractivity contribution in [3.63, 3.8) is 0 Å². The summed E-state index contributed by atoms with van der Waals surface area (Å²) >= 11 is 0. The van der Waals surface area contributed by atoms with Gasteiger partial charge < -0.3 is 15.6 Å². The molecule has 0 aliphatic heterocycles. The van der Waals surface area contributed by atoms with Crippen LogP contribution in [0.5, 0.6) is 0 Å². The molecule has 0 unspecified atom stereocenters. The number of amides is 2. The minimum Gasteiger partial charge on any atom is -0.346 e. The summed E-state index contributed by atoms with van der Waals surface area (Å²) in [4.78, 5) is 44.6. The van der Waals surface area contributed by atoms with E-state index in [2.05, 4.69) is 20.6 Å². The molecule has 2 aromatic carbocycles. The number of benzene rings is 2. The van der Waals surface area contributed by atoms with Crippen molar-refractivity contribution >= 4 is 28.4 Å². The molecule has 0 saturated heterocycles. The van der Waals surface area contributed by atoms with Crippen LogP contribution in [-0.4, -0.2) is 46.8 Å². The quantitative estimate of drug-likeness (QED) is 0.541. The van der Waals surface area contributed by atoms with E-state index in [1.165, 1.54) is 6.07 Å². The van der Waals surface area contributed by atoms with E-state index in [1.54, 1.807) is 36.2 Å². The van der Waals surface area contributed by atoms with E-state index >= 15 is 0 Å². The molecule has 0 atom stereocenters. The maximum Gasteiger partial charge on any atom is 0.258 e. The molecule has 3 N–H and O–H groups in total. The lowest BCUT2D eigenvalue weighted by Gasteiger charge is -2.16. The van der Waals surface area contributed by atoms with Gasteiger partial charge in [0.05, 0.1) is 30.5 Å². The van der Waals surface area contributed by atoms with Gasteiger partial charge >= 0.3 is 0 Å². The monoisotopic (exact) mass is 415 g/mol. The molecular formula is C20H19F2N5O3. The first-order valence-electron chi connectivity index (χ1n) is 9.00. The second kappa shape index (κ2) is 9.23. The van der Waals surface area contributed by atoms with Crippen molar-refractivity contribution in [2.24, 2.45) is 0 Å². The Balaban J connectivity index is 1.49. The summed E-state index contributed by atoms with van der Waals surface area (Å²) in [5.74, 6) is -2.71. The number of rotatable bonds is 7. The Hall–Kier alpha value is -3.66. The number of halogens is 2. The number of aromatic amines is 1. The minimum atomic E-state index is -1.08. The van der Waals surface area contributed by atoms with Gasteiger partial charge in [-0.15, -0.1) is 0 Å². The third-order valence-corrected chi connectivity index (χ3v) is 4.14. The van der Waals surface area contributed by atoms with Gasteiger partial charge in [0.1, 0.15) is 5.82 Å². The van der Waals surface area contributed by atoms with E-state index in [-0.39, 0.29) is 30.9 Å². The molecule has 0 bridgehead atoms. The zero-order valence-electron chi connectivity index (χ0n) is 16.0. The Morgan fingerprint density at radius 2 is 1.87 bits per heavy atom. The van der Waals surface area contributed by atoms with E-state index < -0.39 is 23.4 Å². The first-order chi connectivity index (χ1) is 14.3. The van der Waals surface area contributed by atoms with E-state index in [1.807, 2.05) is 0 Å². The van der Waals surface area contributed by atoms with E-state index in [0.717, 1.165) is 12.1 Å². The number of anilines is 1. The SMILES string of the molecule is CN(CC(=O)NCC(=O)Nc1ccc(F)c(F)c1)Cc1nc2ccccc2c(=O)[nH]1. The second-order valence-corrected chi connectivity index (χ2v) is 6.66. The van der Waals surface area contributed by atoms with Crippen LogP contribution in [0.15, 0.2) is 47.3 Å². The molecule has 0 fully saturated rings. The van der Waals surface area contributed by atoms with Crippen LogP contribution in [0, 0.1) is 11.6 Å². The molecule has 3 aromatic rings. The highest BCUT2D eigenvalue weighted by Crippen LogP contribution is 2.12. The topological polar surface area (TPSA) is 107 Å². The Labute approximate surface area is 169 Å².